The van der Waals surface area contributed by atoms with Crippen molar-refractivity contribution in [2.75, 3.05) is 13.7 Å². The van der Waals surface area contributed by atoms with E-state index in [1.807, 2.05) is 7.05 Å². The maximum absolute atomic E-state index is 6.03. The fraction of sp³-hybridized carbons (Fsp3) is 0.867. The van der Waals surface area contributed by atoms with Crippen LogP contribution in [0.2, 0.25) is 0 Å². The molecule has 1 N–H and O–H groups in total. The highest BCUT2D eigenvalue weighted by Crippen LogP contribution is 2.30. The number of hydrogen-bond donors (Lipinski definition) is 1. The van der Waals surface area contributed by atoms with Gasteiger partial charge in [0.05, 0.1) is 12.1 Å². The van der Waals surface area contributed by atoms with Crippen molar-refractivity contribution in [3.63, 3.8) is 0 Å². The summed E-state index contributed by atoms with van der Waals surface area (Å²) in [5.74, 6) is 0.733. The van der Waals surface area contributed by atoms with E-state index in [0.717, 1.165) is 12.5 Å². The van der Waals surface area contributed by atoms with Gasteiger partial charge in [-0.2, -0.15) is 0 Å². The Labute approximate surface area is 107 Å². The second-order valence-electron chi connectivity index (χ2n) is 5.38. The van der Waals surface area contributed by atoms with E-state index < -0.39 is 0 Å². The standard InChI is InChI=1S/C15H29NO/c1-5-17-15(13-9-7-6-8-10-13)14(16-4)11-12(2)3/h11,13-16H,5-10H2,1-4H3. The fourth-order valence-corrected chi connectivity index (χ4v) is 2.89. The molecule has 1 saturated carbocycles. The number of ether oxygens (including phenoxy) is 1. The monoisotopic (exact) mass is 239 g/mol. The molecular formula is C15H29NO. The van der Waals surface area contributed by atoms with Gasteiger partial charge in [-0.1, -0.05) is 30.9 Å². The number of likely N-dealkylation sites (N-methyl/N-ethyl adjacent to an activating group) is 1. The Balaban J connectivity index is 2.70. The zero-order valence-corrected chi connectivity index (χ0v) is 12.0. The topological polar surface area (TPSA) is 21.3 Å². The molecule has 0 aromatic rings. The maximum atomic E-state index is 6.03. The lowest BCUT2D eigenvalue weighted by Gasteiger charge is -2.34. The second kappa shape index (κ2) is 7.88. The van der Waals surface area contributed by atoms with Crippen LogP contribution in [0.5, 0.6) is 0 Å². The van der Waals surface area contributed by atoms with E-state index in [-0.39, 0.29) is 0 Å². The van der Waals surface area contributed by atoms with Crippen molar-refractivity contribution in [2.24, 2.45) is 5.92 Å². The van der Waals surface area contributed by atoms with Crippen molar-refractivity contribution >= 4 is 0 Å². The number of hydrogen-bond acceptors (Lipinski definition) is 2. The first-order valence-electron chi connectivity index (χ1n) is 7.13. The van der Waals surface area contributed by atoms with E-state index in [0.29, 0.717) is 12.1 Å². The quantitative estimate of drug-likeness (QED) is 0.716. The lowest BCUT2D eigenvalue weighted by atomic mass is 9.82. The van der Waals surface area contributed by atoms with Gasteiger partial charge in [0.15, 0.2) is 0 Å². The van der Waals surface area contributed by atoms with Crippen LogP contribution in [0.25, 0.3) is 0 Å². The van der Waals surface area contributed by atoms with Crippen molar-refractivity contribution in [1.82, 2.24) is 5.32 Å². The molecule has 0 aromatic carbocycles. The minimum Gasteiger partial charge on any atom is -0.376 e. The zero-order valence-electron chi connectivity index (χ0n) is 12.0. The summed E-state index contributed by atoms with van der Waals surface area (Å²) < 4.78 is 6.03. The van der Waals surface area contributed by atoms with Gasteiger partial charge in [0.2, 0.25) is 0 Å². The molecule has 17 heavy (non-hydrogen) atoms. The Bertz CT molecular complexity index is 227. The molecule has 0 aromatic heterocycles. The Kier molecular flexibility index (Phi) is 6.83. The van der Waals surface area contributed by atoms with E-state index in [1.54, 1.807) is 0 Å². The number of nitrogens with one attached hydrogen (secondary N) is 1. The molecule has 0 aliphatic heterocycles. The van der Waals surface area contributed by atoms with Crippen LogP contribution in [0.1, 0.15) is 52.9 Å². The van der Waals surface area contributed by atoms with Crippen LogP contribution < -0.4 is 5.32 Å². The van der Waals surface area contributed by atoms with E-state index in [4.69, 9.17) is 4.74 Å². The summed E-state index contributed by atoms with van der Waals surface area (Å²) in [6, 6.07) is 0.364. The van der Waals surface area contributed by atoms with Gasteiger partial charge in [-0.3, -0.25) is 0 Å². The van der Waals surface area contributed by atoms with Crippen LogP contribution >= 0.6 is 0 Å². The van der Waals surface area contributed by atoms with Crippen LogP contribution in [-0.4, -0.2) is 25.8 Å². The van der Waals surface area contributed by atoms with Gasteiger partial charge in [-0.15, -0.1) is 0 Å². The van der Waals surface area contributed by atoms with Gasteiger partial charge in [0.25, 0.3) is 0 Å². The van der Waals surface area contributed by atoms with Gasteiger partial charge >= 0.3 is 0 Å². The summed E-state index contributed by atoms with van der Waals surface area (Å²) in [7, 11) is 2.04. The van der Waals surface area contributed by atoms with Crippen molar-refractivity contribution in [3.05, 3.63) is 11.6 Å². The highest BCUT2D eigenvalue weighted by molar-refractivity contribution is 5.05. The third-order valence-electron chi connectivity index (χ3n) is 3.67. The highest BCUT2D eigenvalue weighted by atomic mass is 16.5. The summed E-state index contributed by atoms with van der Waals surface area (Å²) in [5.41, 5.74) is 1.37. The third kappa shape index (κ3) is 4.81. The Morgan fingerprint density at radius 2 is 1.94 bits per heavy atom. The summed E-state index contributed by atoms with van der Waals surface area (Å²) >= 11 is 0. The van der Waals surface area contributed by atoms with Crippen molar-refractivity contribution < 1.29 is 4.74 Å². The molecule has 1 rings (SSSR count). The largest absolute Gasteiger partial charge is 0.376 e. The first kappa shape index (κ1) is 14.7. The Hall–Kier alpha value is -0.340. The average molecular weight is 239 g/mol. The summed E-state index contributed by atoms with van der Waals surface area (Å²) in [6.45, 7) is 7.24. The maximum Gasteiger partial charge on any atom is 0.0791 e. The summed E-state index contributed by atoms with van der Waals surface area (Å²) in [6.07, 6.45) is 9.48. The molecule has 2 atom stereocenters. The molecule has 1 aliphatic rings. The lowest BCUT2D eigenvalue weighted by molar-refractivity contribution is -0.00615. The minimum absolute atomic E-state index is 0.347. The third-order valence-corrected chi connectivity index (χ3v) is 3.67. The van der Waals surface area contributed by atoms with Gasteiger partial charge in [-0.25, -0.2) is 0 Å². The lowest BCUT2D eigenvalue weighted by Crippen LogP contribution is -2.43. The summed E-state index contributed by atoms with van der Waals surface area (Å²) in [5, 5.41) is 3.41. The molecule has 0 bridgehead atoms. The van der Waals surface area contributed by atoms with E-state index in [2.05, 4.69) is 32.2 Å². The van der Waals surface area contributed by atoms with E-state index in [1.165, 1.54) is 37.7 Å². The van der Waals surface area contributed by atoms with Crippen LogP contribution in [0, 0.1) is 5.92 Å². The predicted octanol–water partition coefficient (Wildman–Crippen LogP) is 3.53. The van der Waals surface area contributed by atoms with Crippen molar-refractivity contribution in [3.8, 4) is 0 Å². The van der Waals surface area contributed by atoms with E-state index in [9.17, 15) is 0 Å². The molecule has 0 spiro atoms. The summed E-state index contributed by atoms with van der Waals surface area (Å²) in [4.78, 5) is 0. The highest BCUT2D eigenvalue weighted by Gasteiger charge is 2.29. The van der Waals surface area contributed by atoms with Gasteiger partial charge in [0.1, 0.15) is 0 Å². The van der Waals surface area contributed by atoms with Crippen LogP contribution in [0.3, 0.4) is 0 Å². The van der Waals surface area contributed by atoms with Crippen molar-refractivity contribution in [2.45, 2.75) is 65.0 Å². The SMILES string of the molecule is CCOC(C1CCCCC1)C(C=C(C)C)NC. The molecule has 1 aliphatic carbocycles. The van der Waals surface area contributed by atoms with Gasteiger partial charge in [0, 0.05) is 6.61 Å². The predicted molar refractivity (Wildman–Crippen MR) is 74.3 cm³/mol. The first-order valence-corrected chi connectivity index (χ1v) is 7.13. The minimum atomic E-state index is 0.347. The second-order valence-corrected chi connectivity index (χ2v) is 5.38. The average Bonchev–Trinajstić information content (AvgIpc) is 2.34. The zero-order chi connectivity index (χ0) is 12.7. The van der Waals surface area contributed by atoms with Gasteiger partial charge in [-0.05, 0) is 46.6 Å². The van der Waals surface area contributed by atoms with Crippen LogP contribution in [0.4, 0.5) is 0 Å². The molecule has 0 saturated heterocycles. The first-order chi connectivity index (χ1) is 8.19. The molecule has 1 fully saturated rings. The van der Waals surface area contributed by atoms with Crippen LogP contribution in [0.15, 0.2) is 11.6 Å². The fourth-order valence-electron chi connectivity index (χ4n) is 2.89. The molecule has 2 nitrogen and oxygen atoms in total. The molecule has 100 valence electrons. The molecular weight excluding hydrogens is 210 g/mol. The molecule has 0 radical (unpaired) electrons. The molecule has 0 amide bonds. The van der Waals surface area contributed by atoms with E-state index >= 15 is 0 Å². The van der Waals surface area contributed by atoms with Crippen LogP contribution in [-0.2, 0) is 4.74 Å². The Morgan fingerprint density at radius 3 is 2.41 bits per heavy atom. The van der Waals surface area contributed by atoms with Gasteiger partial charge < -0.3 is 10.1 Å². The van der Waals surface area contributed by atoms with Crippen molar-refractivity contribution in [1.29, 1.82) is 0 Å². The molecule has 2 unspecified atom stereocenters. The number of rotatable bonds is 6. The molecule has 0 heterocycles. The normalized spacial score (nSPS) is 20.9. The Morgan fingerprint density at radius 1 is 1.29 bits per heavy atom. The number of allylic oxidation sites excluding steroid dienone is 1. The smallest absolute Gasteiger partial charge is 0.0791 e. The molecule has 2 heteroatoms.